The average molecular weight is 376 g/mol. The molecule has 3 aromatic rings. The van der Waals surface area contributed by atoms with Crippen LogP contribution in [0.3, 0.4) is 0 Å². The van der Waals surface area contributed by atoms with E-state index in [4.69, 9.17) is 9.47 Å². The zero-order valence-electron chi connectivity index (χ0n) is 15.2. The van der Waals surface area contributed by atoms with Crippen molar-refractivity contribution in [1.29, 1.82) is 0 Å². The molecule has 2 aliphatic rings. The normalized spacial score (nSPS) is 19.8. The van der Waals surface area contributed by atoms with Gasteiger partial charge in [-0.1, -0.05) is 18.2 Å². The van der Waals surface area contributed by atoms with Gasteiger partial charge in [-0.3, -0.25) is 14.7 Å². The Morgan fingerprint density at radius 3 is 2.79 bits per heavy atom. The van der Waals surface area contributed by atoms with E-state index in [9.17, 15) is 9.90 Å². The number of rotatable bonds is 4. The van der Waals surface area contributed by atoms with E-state index in [0.717, 1.165) is 40.6 Å². The number of likely N-dealkylation sites (tertiary alicyclic amines) is 1. The number of aromatic nitrogens is 1. The highest BCUT2D eigenvalue weighted by Crippen LogP contribution is 2.40. The molecule has 1 saturated heterocycles. The number of fused-ring (bicyclic) bond motifs is 2. The van der Waals surface area contributed by atoms with E-state index in [0.29, 0.717) is 12.2 Å². The molecule has 0 aliphatic carbocycles. The highest BCUT2D eigenvalue weighted by molar-refractivity contribution is 5.82. The zero-order chi connectivity index (χ0) is 19.1. The number of carbonyl (C=O) groups is 1. The Morgan fingerprint density at radius 1 is 1.07 bits per heavy atom. The number of hydrogen-bond donors (Lipinski definition) is 1. The van der Waals surface area contributed by atoms with E-state index < -0.39 is 12.0 Å². The van der Waals surface area contributed by atoms with Crippen molar-refractivity contribution in [1.82, 2.24) is 9.88 Å². The predicted octanol–water partition coefficient (Wildman–Crippen LogP) is 3.60. The van der Waals surface area contributed by atoms with Crippen LogP contribution in [0.2, 0.25) is 0 Å². The van der Waals surface area contributed by atoms with Crippen LogP contribution in [0.15, 0.2) is 54.9 Å². The van der Waals surface area contributed by atoms with E-state index in [2.05, 4.69) is 22.0 Å². The van der Waals surface area contributed by atoms with Crippen molar-refractivity contribution in [3.8, 4) is 11.5 Å². The van der Waals surface area contributed by atoms with Crippen LogP contribution >= 0.6 is 0 Å². The Hall–Kier alpha value is -3.12. The Labute approximate surface area is 162 Å². The molecular weight excluding hydrogens is 356 g/mol. The molecule has 0 amide bonds. The maximum atomic E-state index is 11.9. The van der Waals surface area contributed by atoms with Crippen molar-refractivity contribution >= 4 is 16.7 Å². The Kier molecular flexibility index (Phi) is 4.13. The molecular formula is C22H20N2O4. The molecule has 0 saturated carbocycles. The van der Waals surface area contributed by atoms with Crippen LogP contribution in [0.25, 0.3) is 10.8 Å². The molecule has 6 nitrogen and oxygen atoms in total. The minimum absolute atomic E-state index is 0.171. The molecule has 6 heteroatoms. The van der Waals surface area contributed by atoms with Crippen molar-refractivity contribution in [3.05, 3.63) is 66.0 Å². The number of aliphatic carboxylic acids is 1. The summed E-state index contributed by atoms with van der Waals surface area (Å²) in [6.45, 7) is 0.957. The smallest absolute Gasteiger partial charge is 0.320 e. The average Bonchev–Trinajstić information content (AvgIpc) is 3.37. The van der Waals surface area contributed by atoms with Crippen LogP contribution < -0.4 is 9.47 Å². The summed E-state index contributed by atoms with van der Waals surface area (Å²) in [7, 11) is 0. The van der Waals surface area contributed by atoms with Gasteiger partial charge in [0.15, 0.2) is 11.5 Å². The van der Waals surface area contributed by atoms with Crippen LogP contribution in [0, 0.1) is 0 Å². The summed E-state index contributed by atoms with van der Waals surface area (Å²) in [5, 5.41) is 11.9. The highest BCUT2D eigenvalue weighted by atomic mass is 16.7. The number of benzene rings is 2. The summed E-state index contributed by atoms with van der Waals surface area (Å²) < 4.78 is 11.0. The first-order valence-electron chi connectivity index (χ1n) is 9.42. The summed E-state index contributed by atoms with van der Waals surface area (Å²) in [6, 6.07) is 13.4. The zero-order valence-corrected chi connectivity index (χ0v) is 15.2. The summed E-state index contributed by atoms with van der Waals surface area (Å²) in [6.07, 6.45) is 5.14. The van der Waals surface area contributed by atoms with Crippen LogP contribution in [-0.2, 0) is 4.79 Å². The Bertz CT molecular complexity index is 1050. The van der Waals surface area contributed by atoms with Gasteiger partial charge < -0.3 is 14.6 Å². The molecule has 0 radical (unpaired) electrons. The summed E-state index contributed by atoms with van der Waals surface area (Å²) >= 11 is 0. The lowest BCUT2D eigenvalue weighted by molar-refractivity contribution is -0.142. The van der Waals surface area contributed by atoms with Crippen LogP contribution in [-0.4, -0.2) is 40.3 Å². The number of hydrogen-bond acceptors (Lipinski definition) is 5. The fourth-order valence-electron chi connectivity index (χ4n) is 4.29. The van der Waals surface area contributed by atoms with Gasteiger partial charge >= 0.3 is 5.97 Å². The van der Waals surface area contributed by atoms with E-state index in [-0.39, 0.29) is 12.8 Å². The molecule has 0 bridgehead atoms. The number of nitrogens with zero attached hydrogens (tertiary/aromatic N) is 2. The number of carboxylic acid groups (broad SMARTS) is 1. The van der Waals surface area contributed by atoms with E-state index in [1.807, 2.05) is 36.5 Å². The molecule has 28 heavy (non-hydrogen) atoms. The first-order chi connectivity index (χ1) is 13.7. The van der Waals surface area contributed by atoms with E-state index in [1.165, 1.54) is 0 Å². The first-order valence-corrected chi connectivity index (χ1v) is 9.42. The summed E-state index contributed by atoms with van der Waals surface area (Å²) in [5.74, 6) is 0.662. The second-order valence-corrected chi connectivity index (χ2v) is 7.23. The van der Waals surface area contributed by atoms with Crippen molar-refractivity contribution in [2.24, 2.45) is 0 Å². The molecule has 2 aromatic carbocycles. The van der Waals surface area contributed by atoms with Crippen LogP contribution in [0.1, 0.15) is 30.0 Å². The molecule has 0 spiro atoms. The standard InChI is InChI=1S/C22H20N2O4/c25-22(26)18-2-1-9-24(18)21(16-5-6-19-20(11-16)28-13-27-19)15-3-4-17-12-23-8-7-14(17)10-15/h3-8,10-12,18,21H,1-2,9,13H2,(H,25,26). The van der Waals surface area contributed by atoms with Crippen molar-refractivity contribution in [2.75, 3.05) is 13.3 Å². The first kappa shape index (κ1) is 17.0. The number of ether oxygens (including phenoxy) is 2. The SMILES string of the molecule is O=C(O)C1CCCN1C(c1ccc2c(c1)OCO2)c1ccc2cnccc2c1. The lowest BCUT2D eigenvalue weighted by Gasteiger charge is -2.32. The van der Waals surface area contributed by atoms with Crippen molar-refractivity contribution in [2.45, 2.75) is 24.9 Å². The maximum absolute atomic E-state index is 11.9. The van der Waals surface area contributed by atoms with Gasteiger partial charge in [-0.2, -0.15) is 0 Å². The van der Waals surface area contributed by atoms with Crippen LogP contribution in [0.4, 0.5) is 0 Å². The van der Waals surface area contributed by atoms with Crippen LogP contribution in [0.5, 0.6) is 11.5 Å². The second kappa shape index (κ2) is 6.80. The molecule has 3 heterocycles. The monoisotopic (exact) mass is 376 g/mol. The molecule has 1 fully saturated rings. The highest BCUT2D eigenvalue weighted by Gasteiger charge is 2.37. The van der Waals surface area contributed by atoms with Gasteiger partial charge in [0, 0.05) is 24.3 Å². The quantitative estimate of drug-likeness (QED) is 0.750. The van der Waals surface area contributed by atoms with Gasteiger partial charge in [0.1, 0.15) is 6.04 Å². The minimum atomic E-state index is -0.770. The lowest BCUT2D eigenvalue weighted by atomic mass is 9.94. The largest absolute Gasteiger partial charge is 0.480 e. The van der Waals surface area contributed by atoms with Crippen molar-refractivity contribution < 1.29 is 19.4 Å². The molecule has 2 atom stereocenters. The molecule has 1 aromatic heterocycles. The van der Waals surface area contributed by atoms with Gasteiger partial charge in [0.25, 0.3) is 0 Å². The number of pyridine rings is 1. The maximum Gasteiger partial charge on any atom is 0.320 e. The molecule has 142 valence electrons. The van der Waals surface area contributed by atoms with Gasteiger partial charge in [-0.05, 0) is 53.6 Å². The van der Waals surface area contributed by atoms with E-state index >= 15 is 0 Å². The Morgan fingerprint density at radius 2 is 1.89 bits per heavy atom. The Balaban J connectivity index is 1.64. The third-order valence-corrected chi connectivity index (χ3v) is 5.60. The van der Waals surface area contributed by atoms with Gasteiger partial charge in [-0.25, -0.2) is 0 Å². The molecule has 2 aliphatic heterocycles. The third-order valence-electron chi connectivity index (χ3n) is 5.60. The summed E-state index contributed by atoms with van der Waals surface area (Å²) in [4.78, 5) is 18.1. The predicted molar refractivity (Wildman–Crippen MR) is 104 cm³/mol. The lowest BCUT2D eigenvalue weighted by Crippen LogP contribution is -2.39. The fourth-order valence-corrected chi connectivity index (χ4v) is 4.29. The van der Waals surface area contributed by atoms with E-state index in [1.54, 1.807) is 6.20 Å². The summed E-state index contributed by atoms with van der Waals surface area (Å²) in [5.41, 5.74) is 2.07. The molecule has 2 unspecified atom stereocenters. The fraction of sp³-hybridized carbons (Fsp3) is 0.273. The number of carboxylic acids is 1. The minimum Gasteiger partial charge on any atom is -0.480 e. The van der Waals surface area contributed by atoms with Crippen molar-refractivity contribution in [3.63, 3.8) is 0 Å². The molecule has 1 N–H and O–H groups in total. The second-order valence-electron chi connectivity index (χ2n) is 7.23. The molecule has 5 rings (SSSR count). The topological polar surface area (TPSA) is 71.9 Å². The van der Waals surface area contributed by atoms with Gasteiger partial charge in [0.05, 0.1) is 6.04 Å². The third kappa shape index (κ3) is 2.86. The van der Waals surface area contributed by atoms with Gasteiger partial charge in [0.2, 0.25) is 6.79 Å². The van der Waals surface area contributed by atoms with Gasteiger partial charge in [-0.15, -0.1) is 0 Å².